The van der Waals surface area contributed by atoms with E-state index in [9.17, 15) is 4.79 Å². The lowest BCUT2D eigenvalue weighted by molar-refractivity contribution is -0.856. The van der Waals surface area contributed by atoms with Crippen LogP contribution in [0.2, 0.25) is 0 Å². The summed E-state index contributed by atoms with van der Waals surface area (Å²) >= 11 is 5.50. The first-order chi connectivity index (χ1) is 10.5. The second-order valence-electron chi connectivity index (χ2n) is 5.49. The molecule has 7 heteroatoms. The Morgan fingerprint density at radius 2 is 2.18 bits per heavy atom. The number of carbonyl (C=O) groups excluding carboxylic acids is 1. The minimum Gasteiger partial charge on any atom is -0.477 e. The number of quaternary nitrogens is 1. The number of hydrogen-bond donors (Lipinski definition) is 3. The van der Waals surface area contributed by atoms with Crippen LogP contribution in [0.3, 0.4) is 0 Å². The molecule has 1 aromatic carbocycles. The largest absolute Gasteiger partial charge is 0.477 e. The highest BCUT2D eigenvalue weighted by atomic mass is 32.1. The van der Waals surface area contributed by atoms with Crippen LogP contribution < -0.4 is 25.2 Å². The van der Waals surface area contributed by atoms with E-state index >= 15 is 0 Å². The molecule has 120 valence electrons. The lowest BCUT2D eigenvalue weighted by Gasteiger charge is -2.35. The van der Waals surface area contributed by atoms with Gasteiger partial charge in [-0.3, -0.25) is 4.79 Å². The van der Waals surface area contributed by atoms with Gasteiger partial charge in [-0.05, 0) is 24.4 Å². The number of likely N-dealkylation sites (N-methyl/N-ethyl adjacent to an activating group) is 2. The molecule has 0 bridgehead atoms. The number of benzene rings is 1. The molecule has 1 amide bonds. The molecule has 2 rings (SSSR count). The molecule has 0 aliphatic carbocycles. The normalized spacial score (nSPS) is 16.7. The molecule has 0 unspecified atom stereocenters. The standard InChI is InChI=1S/C15H22N4O2S/c1-16-14(20)13-10-19(15(22)17-8-9-18(2)3)11-6-4-5-7-12(11)21-13/h4-7,13H,8-10H2,1-3H3,(H,16,20)(H,17,22)/p+1/t13-/m0/s1. The molecule has 0 saturated heterocycles. The zero-order valence-electron chi connectivity index (χ0n) is 13.2. The Morgan fingerprint density at radius 3 is 2.86 bits per heavy atom. The number of nitrogens with one attached hydrogen (secondary N) is 3. The van der Waals surface area contributed by atoms with Crippen LogP contribution in [0.15, 0.2) is 24.3 Å². The topological polar surface area (TPSA) is 58.0 Å². The Bertz CT molecular complexity index is 550. The predicted molar refractivity (Wildman–Crippen MR) is 90.5 cm³/mol. The molecular weight excluding hydrogens is 300 g/mol. The number of para-hydroxylation sites is 2. The quantitative estimate of drug-likeness (QED) is 0.622. The van der Waals surface area contributed by atoms with E-state index in [1.165, 1.54) is 4.90 Å². The molecule has 3 N–H and O–H groups in total. The lowest BCUT2D eigenvalue weighted by atomic mass is 10.2. The summed E-state index contributed by atoms with van der Waals surface area (Å²) in [6, 6.07) is 7.61. The van der Waals surface area contributed by atoms with Crippen LogP contribution in [0.4, 0.5) is 5.69 Å². The average Bonchev–Trinajstić information content (AvgIpc) is 2.52. The number of ether oxygens (including phenoxy) is 1. The minimum absolute atomic E-state index is 0.153. The SMILES string of the molecule is CNC(=O)[C@@H]1CN(C(=S)NCC[NH+](C)C)c2ccccc2O1. The van der Waals surface area contributed by atoms with Gasteiger partial charge in [0.1, 0.15) is 5.75 Å². The smallest absolute Gasteiger partial charge is 0.262 e. The molecule has 1 heterocycles. The molecule has 1 aromatic rings. The number of fused-ring (bicyclic) bond motifs is 1. The van der Waals surface area contributed by atoms with Crippen LogP contribution in [0.1, 0.15) is 0 Å². The van der Waals surface area contributed by atoms with Gasteiger partial charge in [0.2, 0.25) is 0 Å². The van der Waals surface area contributed by atoms with Crippen LogP contribution in [0.25, 0.3) is 0 Å². The van der Waals surface area contributed by atoms with Gasteiger partial charge < -0.3 is 25.2 Å². The number of anilines is 1. The highest BCUT2D eigenvalue weighted by Gasteiger charge is 2.31. The van der Waals surface area contributed by atoms with Crippen LogP contribution in [0, 0.1) is 0 Å². The molecule has 0 aromatic heterocycles. The van der Waals surface area contributed by atoms with Crippen LogP contribution in [-0.2, 0) is 4.79 Å². The van der Waals surface area contributed by atoms with Gasteiger partial charge >= 0.3 is 0 Å². The summed E-state index contributed by atoms with van der Waals surface area (Å²) in [6.07, 6.45) is -0.570. The first-order valence-electron chi connectivity index (χ1n) is 7.34. The summed E-state index contributed by atoms with van der Waals surface area (Å²) in [5.41, 5.74) is 0.886. The van der Waals surface area contributed by atoms with Gasteiger partial charge in [-0.1, -0.05) is 12.1 Å². The van der Waals surface area contributed by atoms with E-state index in [2.05, 4.69) is 24.7 Å². The van der Waals surface area contributed by atoms with E-state index in [-0.39, 0.29) is 5.91 Å². The molecule has 1 aliphatic heterocycles. The van der Waals surface area contributed by atoms with E-state index in [4.69, 9.17) is 17.0 Å². The van der Waals surface area contributed by atoms with Crippen molar-refractivity contribution in [1.82, 2.24) is 10.6 Å². The summed E-state index contributed by atoms with van der Waals surface area (Å²) in [5, 5.41) is 6.49. The number of carbonyl (C=O) groups is 1. The van der Waals surface area contributed by atoms with Crippen LogP contribution in [-0.4, -0.2) is 57.9 Å². The summed E-state index contributed by atoms with van der Waals surface area (Å²) < 4.78 is 5.76. The van der Waals surface area contributed by atoms with E-state index in [0.717, 1.165) is 18.8 Å². The highest BCUT2D eigenvalue weighted by molar-refractivity contribution is 7.80. The molecule has 6 nitrogen and oxygen atoms in total. The fraction of sp³-hybridized carbons (Fsp3) is 0.467. The van der Waals surface area contributed by atoms with Crippen molar-refractivity contribution in [2.24, 2.45) is 0 Å². The first-order valence-corrected chi connectivity index (χ1v) is 7.75. The van der Waals surface area contributed by atoms with Crippen LogP contribution >= 0.6 is 12.2 Å². The molecule has 1 aliphatic rings. The maximum atomic E-state index is 11.9. The monoisotopic (exact) mass is 323 g/mol. The number of thiocarbonyl (C=S) groups is 1. The van der Waals surface area contributed by atoms with Crippen molar-refractivity contribution in [2.45, 2.75) is 6.10 Å². The highest BCUT2D eigenvalue weighted by Crippen LogP contribution is 2.33. The second-order valence-corrected chi connectivity index (χ2v) is 5.87. The van der Waals surface area contributed by atoms with Crippen LogP contribution in [0.5, 0.6) is 5.75 Å². The zero-order valence-corrected chi connectivity index (χ0v) is 14.0. The first kappa shape index (κ1) is 16.5. The molecule has 0 radical (unpaired) electrons. The van der Waals surface area contributed by atoms with Gasteiger partial charge in [0.15, 0.2) is 11.2 Å². The second kappa shape index (κ2) is 7.42. The number of nitrogens with zero attached hydrogens (tertiary/aromatic N) is 1. The van der Waals surface area contributed by atoms with E-state index in [1.54, 1.807) is 7.05 Å². The van der Waals surface area contributed by atoms with Crippen molar-refractivity contribution in [1.29, 1.82) is 0 Å². The Hall–Kier alpha value is -1.86. The summed E-state index contributed by atoms with van der Waals surface area (Å²) in [6.45, 7) is 2.15. The van der Waals surface area contributed by atoms with Crippen molar-refractivity contribution in [3.05, 3.63) is 24.3 Å². The predicted octanol–water partition coefficient (Wildman–Crippen LogP) is -0.981. The van der Waals surface area contributed by atoms with Gasteiger partial charge in [-0.15, -0.1) is 0 Å². The molecule has 0 spiro atoms. The lowest BCUT2D eigenvalue weighted by Crippen LogP contribution is -3.06. The third kappa shape index (κ3) is 3.86. The van der Waals surface area contributed by atoms with Crippen molar-refractivity contribution in [3.8, 4) is 5.75 Å². The van der Waals surface area contributed by atoms with Crippen molar-refractivity contribution < 1.29 is 14.4 Å². The van der Waals surface area contributed by atoms with Gasteiger partial charge in [-0.25, -0.2) is 0 Å². The third-order valence-corrected chi connectivity index (χ3v) is 3.82. The third-order valence-electron chi connectivity index (χ3n) is 3.46. The zero-order chi connectivity index (χ0) is 16.1. The molecule has 22 heavy (non-hydrogen) atoms. The summed E-state index contributed by atoms with van der Waals surface area (Å²) in [4.78, 5) is 15.2. The van der Waals surface area contributed by atoms with E-state index in [1.807, 2.05) is 29.2 Å². The number of rotatable bonds is 4. The molecule has 0 fully saturated rings. The number of amides is 1. The van der Waals surface area contributed by atoms with Gasteiger partial charge in [0, 0.05) is 7.05 Å². The molecule has 0 saturated carbocycles. The van der Waals surface area contributed by atoms with Gasteiger partial charge in [0.25, 0.3) is 5.91 Å². The maximum absolute atomic E-state index is 11.9. The fourth-order valence-electron chi connectivity index (χ4n) is 2.24. The summed E-state index contributed by atoms with van der Waals surface area (Å²) in [5.74, 6) is 0.518. The van der Waals surface area contributed by atoms with Crippen molar-refractivity contribution in [3.63, 3.8) is 0 Å². The fourth-order valence-corrected chi connectivity index (χ4v) is 2.51. The average molecular weight is 323 g/mol. The minimum atomic E-state index is -0.570. The van der Waals surface area contributed by atoms with Crippen molar-refractivity contribution >= 4 is 28.9 Å². The number of hydrogen-bond acceptors (Lipinski definition) is 3. The van der Waals surface area contributed by atoms with E-state index in [0.29, 0.717) is 17.4 Å². The Morgan fingerprint density at radius 1 is 1.45 bits per heavy atom. The Balaban J connectivity index is 2.14. The Kier molecular flexibility index (Phi) is 5.57. The van der Waals surface area contributed by atoms with E-state index < -0.39 is 6.10 Å². The van der Waals surface area contributed by atoms with Crippen molar-refractivity contribution in [2.75, 3.05) is 45.7 Å². The summed E-state index contributed by atoms with van der Waals surface area (Å²) in [7, 11) is 5.79. The van der Waals surface area contributed by atoms with Gasteiger partial charge in [-0.2, -0.15) is 0 Å². The molecule has 1 atom stereocenters. The maximum Gasteiger partial charge on any atom is 0.262 e. The molecular formula is C15H23N4O2S+. The Labute approximate surface area is 136 Å². The van der Waals surface area contributed by atoms with Gasteiger partial charge in [0.05, 0.1) is 39.4 Å².